The van der Waals surface area contributed by atoms with Crippen LogP contribution in [0.3, 0.4) is 0 Å². The quantitative estimate of drug-likeness (QED) is 0.0729. The van der Waals surface area contributed by atoms with E-state index in [0.717, 1.165) is 0 Å². The third kappa shape index (κ3) is 9.06. The van der Waals surface area contributed by atoms with Gasteiger partial charge in [-0.25, -0.2) is 14.8 Å². The Hall–Kier alpha value is -8.15. The third-order valence-electron chi connectivity index (χ3n) is 10.5. The number of benzene rings is 2. The number of methoxy groups -OCH3 is 1. The first-order chi connectivity index (χ1) is 30.7. The molecule has 0 radical (unpaired) electrons. The number of primary amides is 2. The van der Waals surface area contributed by atoms with E-state index in [1.54, 1.807) is 56.6 Å². The molecule has 0 bridgehead atoms. The zero-order chi connectivity index (χ0) is 45.8. The van der Waals surface area contributed by atoms with Crippen molar-refractivity contribution in [1.82, 2.24) is 43.6 Å². The van der Waals surface area contributed by atoms with E-state index in [2.05, 4.69) is 37.7 Å². The summed E-state index contributed by atoms with van der Waals surface area (Å²) in [6.45, 7) is 8.98. The molecule has 1 saturated heterocycles. The summed E-state index contributed by atoms with van der Waals surface area (Å²) in [5.41, 5.74) is 15.1. The standard InChI is InChI=1S/C43H47N13O8/c1-6-55-31(17-24(3)50-55)39(59)48-41-46-29-19-27(37(44)57)21-33(63-5)35(29)53(41)13-8-9-14-54-36-30(47-42(54)49-40(60)32-18-25(4)51-56(32)7-2)20-28(38(45)58)22-34(36)64-16-10-11-26-12-15-52(23-26)43(61)62/h8-9,17-22,26H,6-7,12-16,23H2,1-5H3,(H2,44,57)(H2,45,58)(H,61,62)(H,46,48,59)(H,47,49,60). The van der Waals surface area contributed by atoms with Crippen molar-refractivity contribution in [1.29, 1.82) is 0 Å². The van der Waals surface area contributed by atoms with Gasteiger partial charge in [0, 0.05) is 56.3 Å². The lowest BCUT2D eigenvalue weighted by Gasteiger charge is -2.13. The number of carbonyl (C=O) groups excluding carboxylic acids is 4. The minimum absolute atomic E-state index is 0.0927. The maximum absolute atomic E-state index is 13.8. The highest BCUT2D eigenvalue weighted by Crippen LogP contribution is 2.33. The van der Waals surface area contributed by atoms with Gasteiger partial charge in [-0.15, -0.1) is 0 Å². The predicted octanol–water partition coefficient (Wildman–Crippen LogP) is 3.79. The summed E-state index contributed by atoms with van der Waals surface area (Å²) in [5.74, 6) is 4.29. The predicted molar refractivity (Wildman–Crippen MR) is 234 cm³/mol. The molecule has 7 rings (SSSR count). The van der Waals surface area contributed by atoms with Crippen LogP contribution < -0.4 is 31.6 Å². The highest BCUT2D eigenvalue weighted by Gasteiger charge is 2.26. The number of rotatable bonds is 15. The van der Waals surface area contributed by atoms with Crippen LogP contribution in [0.5, 0.6) is 11.5 Å². The molecule has 0 spiro atoms. The van der Waals surface area contributed by atoms with Gasteiger partial charge in [0.15, 0.2) is 0 Å². The molecule has 64 heavy (non-hydrogen) atoms. The minimum atomic E-state index is -0.999. The van der Waals surface area contributed by atoms with E-state index < -0.39 is 29.7 Å². The fourth-order valence-corrected chi connectivity index (χ4v) is 7.54. The molecule has 0 saturated carbocycles. The Morgan fingerprint density at radius 1 is 0.797 bits per heavy atom. The number of hydrogen-bond donors (Lipinski definition) is 5. The Kier molecular flexibility index (Phi) is 12.7. The summed E-state index contributed by atoms with van der Waals surface area (Å²) >= 11 is 0. The molecular formula is C43H47N13O8. The molecule has 1 fully saturated rings. The second-order valence-corrected chi connectivity index (χ2v) is 14.9. The molecule has 6 aromatic rings. The molecule has 21 heteroatoms. The number of imidazole rings is 2. The summed E-state index contributed by atoms with van der Waals surface area (Å²) in [7, 11) is 1.44. The van der Waals surface area contributed by atoms with Gasteiger partial charge in [0.05, 0.1) is 29.5 Å². The molecule has 5 amide bonds. The monoisotopic (exact) mass is 873 g/mol. The van der Waals surface area contributed by atoms with Crippen LogP contribution >= 0.6 is 0 Å². The third-order valence-corrected chi connectivity index (χ3v) is 10.5. The van der Waals surface area contributed by atoms with Gasteiger partial charge in [-0.2, -0.15) is 10.2 Å². The lowest BCUT2D eigenvalue weighted by atomic mass is 10.1. The Morgan fingerprint density at radius 3 is 1.75 bits per heavy atom. The maximum Gasteiger partial charge on any atom is 0.407 e. The zero-order valence-electron chi connectivity index (χ0n) is 35.8. The lowest BCUT2D eigenvalue weighted by molar-refractivity contribution is 0.0991. The average molecular weight is 874 g/mol. The average Bonchev–Trinajstić information content (AvgIpc) is 4.10. The number of hydrogen-bond acceptors (Lipinski definition) is 11. The number of aromatic nitrogens is 8. The van der Waals surface area contributed by atoms with Crippen LogP contribution in [0, 0.1) is 31.6 Å². The van der Waals surface area contributed by atoms with Crippen LogP contribution in [-0.4, -0.2) is 105 Å². The molecule has 1 aliphatic rings. The number of nitrogens with one attached hydrogen (secondary N) is 2. The van der Waals surface area contributed by atoms with E-state index in [9.17, 15) is 29.1 Å². The Labute approximate surface area is 366 Å². The largest absolute Gasteiger partial charge is 0.494 e. The molecule has 5 heterocycles. The molecule has 21 nitrogen and oxygen atoms in total. The maximum atomic E-state index is 13.8. The second kappa shape index (κ2) is 18.4. The van der Waals surface area contributed by atoms with Crippen LogP contribution in [0.25, 0.3) is 22.1 Å². The van der Waals surface area contributed by atoms with Crippen molar-refractivity contribution >= 4 is 63.7 Å². The number of fused-ring (bicyclic) bond motifs is 2. The summed E-state index contributed by atoms with van der Waals surface area (Å²) < 4.78 is 18.4. The van der Waals surface area contributed by atoms with Gasteiger partial charge in [-0.3, -0.25) is 39.2 Å². The Morgan fingerprint density at radius 2 is 1.30 bits per heavy atom. The van der Waals surface area contributed by atoms with Crippen LogP contribution in [0.2, 0.25) is 0 Å². The van der Waals surface area contributed by atoms with Crippen LogP contribution in [-0.2, 0) is 26.2 Å². The summed E-state index contributed by atoms with van der Waals surface area (Å²) in [6, 6.07) is 9.31. The number of nitrogens with zero attached hydrogens (tertiary/aromatic N) is 9. The van der Waals surface area contributed by atoms with Crippen molar-refractivity contribution in [3.8, 4) is 23.3 Å². The van der Waals surface area contributed by atoms with Gasteiger partial charge in [0.2, 0.25) is 23.7 Å². The van der Waals surface area contributed by atoms with Crippen molar-refractivity contribution in [2.45, 2.75) is 60.3 Å². The van der Waals surface area contributed by atoms with E-state index in [-0.39, 0.29) is 72.2 Å². The molecule has 2 aromatic carbocycles. The zero-order valence-corrected chi connectivity index (χ0v) is 35.8. The molecule has 7 N–H and O–H groups in total. The first-order valence-corrected chi connectivity index (χ1v) is 20.4. The van der Waals surface area contributed by atoms with Crippen molar-refractivity contribution in [2.24, 2.45) is 17.4 Å². The molecular weight excluding hydrogens is 827 g/mol. The molecule has 0 aliphatic carbocycles. The minimum Gasteiger partial charge on any atom is -0.494 e. The number of ether oxygens (including phenoxy) is 2. The summed E-state index contributed by atoms with van der Waals surface area (Å²) in [4.78, 5) is 74.4. The first kappa shape index (κ1) is 43.9. The molecule has 1 unspecified atom stereocenters. The Balaban J connectivity index is 1.26. The number of nitrogens with two attached hydrogens (primary N) is 2. The first-order valence-electron chi connectivity index (χ1n) is 20.4. The number of anilines is 2. The normalized spacial score (nSPS) is 13.6. The summed E-state index contributed by atoms with van der Waals surface area (Å²) in [5, 5.41) is 23.9. The fraction of sp³-hybridized carbons (Fsp3) is 0.326. The molecule has 1 aliphatic heterocycles. The van der Waals surface area contributed by atoms with Crippen molar-refractivity contribution < 1.29 is 38.6 Å². The van der Waals surface area contributed by atoms with Gasteiger partial charge in [0.1, 0.15) is 40.5 Å². The van der Waals surface area contributed by atoms with E-state index >= 15 is 0 Å². The van der Waals surface area contributed by atoms with Gasteiger partial charge < -0.3 is 40.1 Å². The van der Waals surface area contributed by atoms with Crippen LogP contribution in [0.4, 0.5) is 16.7 Å². The number of likely N-dealkylation sites (tertiary alicyclic amines) is 1. The van der Waals surface area contributed by atoms with Crippen molar-refractivity contribution in [3.05, 3.63) is 82.5 Å². The molecule has 332 valence electrons. The van der Waals surface area contributed by atoms with Gasteiger partial charge in [0.25, 0.3) is 11.8 Å². The number of carboxylic acid groups (broad SMARTS) is 1. The van der Waals surface area contributed by atoms with Gasteiger partial charge >= 0.3 is 6.09 Å². The number of amides is 5. The number of allylic oxidation sites excluding steroid dienone is 2. The SMILES string of the molecule is CCn1nc(C)cc1C(=O)Nc1nc2cc(C(N)=O)cc(OC)c2n1CC=CCn1c(NC(=O)c2cc(C)nn2CC)nc2cc(C(N)=O)cc(OCC#CC3CCN(C(=O)O)C3)c21. The van der Waals surface area contributed by atoms with E-state index in [0.29, 0.717) is 65.4 Å². The summed E-state index contributed by atoms with van der Waals surface area (Å²) in [6.07, 6.45) is 3.19. The topological polar surface area (TPSA) is 275 Å². The Bertz CT molecular complexity index is 2930. The smallest absolute Gasteiger partial charge is 0.407 e. The number of carbonyl (C=O) groups is 5. The highest BCUT2D eigenvalue weighted by molar-refractivity contribution is 6.05. The van der Waals surface area contributed by atoms with Gasteiger partial charge in [-0.1, -0.05) is 24.0 Å². The van der Waals surface area contributed by atoms with E-state index in [4.69, 9.17) is 25.9 Å². The van der Waals surface area contributed by atoms with Gasteiger partial charge in [-0.05, 0) is 70.5 Å². The highest BCUT2D eigenvalue weighted by atomic mass is 16.5. The van der Waals surface area contributed by atoms with Crippen molar-refractivity contribution in [3.63, 3.8) is 0 Å². The molecule has 4 aromatic heterocycles. The van der Waals surface area contributed by atoms with Crippen molar-refractivity contribution in [2.75, 3.05) is 37.4 Å². The lowest BCUT2D eigenvalue weighted by Crippen LogP contribution is -2.26. The molecule has 1 atom stereocenters. The second-order valence-electron chi connectivity index (χ2n) is 14.9. The number of aryl methyl sites for hydroxylation is 4. The van der Waals surface area contributed by atoms with E-state index in [1.165, 1.54) is 36.3 Å². The fourth-order valence-electron chi connectivity index (χ4n) is 7.54. The van der Waals surface area contributed by atoms with E-state index in [1.807, 2.05) is 13.8 Å². The van der Waals surface area contributed by atoms with Crippen LogP contribution in [0.1, 0.15) is 73.3 Å². The van der Waals surface area contributed by atoms with Crippen LogP contribution in [0.15, 0.2) is 48.6 Å².